The molecule has 0 aliphatic heterocycles. The molecule has 1 N–H and O–H groups in total. The molecular weight excluding hydrogens is 202 g/mol. The molecule has 0 aliphatic carbocycles. The van der Waals surface area contributed by atoms with Crippen molar-refractivity contribution in [1.29, 1.82) is 0 Å². The van der Waals surface area contributed by atoms with Crippen LogP contribution in [0, 0.1) is 0 Å². The average molecular weight is 219 g/mol. The lowest BCUT2D eigenvalue weighted by Crippen LogP contribution is -2.07. The van der Waals surface area contributed by atoms with Crippen molar-refractivity contribution in [2.45, 2.75) is 33.5 Å². The van der Waals surface area contributed by atoms with Crippen LogP contribution < -0.4 is 5.32 Å². The predicted molar refractivity (Wildman–Crippen MR) is 63.1 cm³/mol. The van der Waals surface area contributed by atoms with Crippen LogP contribution in [0.1, 0.15) is 19.7 Å². The van der Waals surface area contributed by atoms with Crippen molar-refractivity contribution >= 4 is 5.69 Å². The number of aryl methyl sites for hydroxylation is 2. The molecule has 2 heterocycles. The van der Waals surface area contributed by atoms with Gasteiger partial charge in [0.15, 0.2) is 0 Å². The Kier molecular flexibility index (Phi) is 3.24. The highest BCUT2D eigenvalue weighted by atomic mass is 15.3. The second kappa shape index (κ2) is 4.83. The van der Waals surface area contributed by atoms with E-state index in [0.29, 0.717) is 0 Å². The van der Waals surface area contributed by atoms with E-state index in [1.807, 2.05) is 29.5 Å². The molecule has 0 saturated heterocycles. The van der Waals surface area contributed by atoms with Crippen molar-refractivity contribution in [3.63, 3.8) is 0 Å². The highest BCUT2D eigenvalue weighted by molar-refractivity contribution is 5.38. The molecule has 0 unspecified atom stereocenters. The molecule has 0 bridgehead atoms. The number of nitrogens with zero attached hydrogens (tertiary/aromatic N) is 4. The van der Waals surface area contributed by atoms with E-state index in [2.05, 4.69) is 33.8 Å². The van der Waals surface area contributed by atoms with Crippen LogP contribution in [-0.4, -0.2) is 19.3 Å². The Bertz CT molecular complexity index is 443. The van der Waals surface area contributed by atoms with Crippen molar-refractivity contribution in [3.05, 3.63) is 30.6 Å². The second-order valence-corrected chi connectivity index (χ2v) is 3.57. The lowest BCUT2D eigenvalue weighted by molar-refractivity contribution is 0.660. The summed E-state index contributed by atoms with van der Waals surface area (Å²) < 4.78 is 4.02. The van der Waals surface area contributed by atoms with Gasteiger partial charge in [0, 0.05) is 31.7 Å². The Morgan fingerprint density at radius 3 is 2.88 bits per heavy atom. The van der Waals surface area contributed by atoms with Gasteiger partial charge >= 0.3 is 0 Å². The quantitative estimate of drug-likeness (QED) is 0.833. The lowest BCUT2D eigenvalue weighted by Gasteiger charge is -2.05. The van der Waals surface area contributed by atoms with Crippen molar-refractivity contribution in [2.24, 2.45) is 0 Å². The van der Waals surface area contributed by atoms with Gasteiger partial charge in [0.25, 0.3) is 0 Å². The van der Waals surface area contributed by atoms with E-state index >= 15 is 0 Å². The average Bonchev–Trinajstić information content (AvgIpc) is 2.94. The van der Waals surface area contributed by atoms with Gasteiger partial charge in [-0.3, -0.25) is 4.68 Å². The number of imidazole rings is 1. The number of aromatic nitrogens is 4. The van der Waals surface area contributed by atoms with E-state index in [1.165, 1.54) is 0 Å². The predicted octanol–water partition coefficient (Wildman–Crippen LogP) is 1.73. The third-order valence-electron chi connectivity index (χ3n) is 2.55. The van der Waals surface area contributed by atoms with E-state index in [0.717, 1.165) is 31.1 Å². The van der Waals surface area contributed by atoms with Gasteiger partial charge in [0.2, 0.25) is 0 Å². The topological polar surface area (TPSA) is 47.7 Å². The summed E-state index contributed by atoms with van der Waals surface area (Å²) in [5.41, 5.74) is 1.03. The summed E-state index contributed by atoms with van der Waals surface area (Å²) in [6.07, 6.45) is 7.66. The van der Waals surface area contributed by atoms with E-state index < -0.39 is 0 Å². The van der Waals surface area contributed by atoms with Crippen molar-refractivity contribution < 1.29 is 0 Å². The smallest absolute Gasteiger partial charge is 0.128 e. The molecule has 0 aliphatic rings. The van der Waals surface area contributed by atoms with Gasteiger partial charge in [-0.2, -0.15) is 5.10 Å². The third-order valence-corrected chi connectivity index (χ3v) is 2.55. The molecule has 5 nitrogen and oxygen atoms in total. The zero-order valence-corrected chi connectivity index (χ0v) is 9.72. The molecule has 86 valence electrons. The Balaban J connectivity index is 1.96. The summed E-state index contributed by atoms with van der Waals surface area (Å²) in [7, 11) is 0. The lowest BCUT2D eigenvalue weighted by atomic mass is 10.5. The molecular formula is C11H17N5. The minimum absolute atomic E-state index is 0.732. The first-order valence-electron chi connectivity index (χ1n) is 5.59. The number of rotatable bonds is 5. The van der Waals surface area contributed by atoms with Crippen LogP contribution in [0.25, 0.3) is 0 Å². The third kappa shape index (κ3) is 2.24. The Labute approximate surface area is 95.1 Å². The molecule has 0 atom stereocenters. The Morgan fingerprint density at radius 2 is 2.19 bits per heavy atom. The van der Waals surface area contributed by atoms with Gasteiger partial charge in [-0.05, 0) is 13.8 Å². The van der Waals surface area contributed by atoms with E-state index in [1.54, 1.807) is 0 Å². The number of hydrogen-bond donors (Lipinski definition) is 1. The SMILES string of the molecule is CCn1cc(NCc2nccn2CC)cn1. The summed E-state index contributed by atoms with van der Waals surface area (Å²) >= 11 is 0. The summed E-state index contributed by atoms with van der Waals surface area (Å²) in [6, 6.07) is 0. The molecule has 0 radical (unpaired) electrons. The molecule has 0 saturated carbocycles. The molecule has 0 fully saturated rings. The maximum atomic E-state index is 4.30. The summed E-state index contributed by atoms with van der Waals surface area (Å²) in [6.45, 7) is 6.76. The first kappa shape index (κ1) is 10.7. The van der Waals surface area contributed by atoms with Crippen molar-refractivity contribution in [2.75, 3.05) is 5.32 Å². The normalized spacial score (nSPS) is 10.6. The summed E-state index contributed by atoms with van der Waals surface area (Å²) in [5.74, 6) is 1.05. The van der Waals surface area contributed by atoms with Gasteiger partial charge in [-0.15, -0.1) is 0 Å². The molecule has 0 spiro atoms. The highest BCUT2D eigenvalue weighted by Crippen LogP contribution is 2.07. The van der Waals surface area contributed by atoms with E-state index in [9.17, 15) is 0 Å². The molecule has 2 rings (SSSR count). The van der Waals surface area contributed by atoms with Gasteiger partial charge in [0.1, 0.15) is 5.82 Å². The van der Waals surface area contributed by atoms with Crippen LogP contribution in [0.5, 0.6) is 0 Å². The zero-order valence-electron chi connectivity index (χ0n) is 9.72. The fraction of sp³-hybridized carbons (Fsp3) is 0.455. The first-order chi connectivity index (χ1) is 7.83. The Morgan fingerprint density at radius 1 is 1.31 bits per heavy atom. The molecule has 16 heavy (non-hydrogen) atoms. The monoisotopic (exact) mass is 219 g/mol. The summed E-state index contributed by atoms with van der Waals surface area (Å²) in [5, 5.41) is 7.51. The molecule has 0 aromatic carbocycles. The van der Waals surface area contributed by atoms with Crippen LogP contribution in [0.15, 0.2) is 24.8 Å². The molecule has 0 amide bonds. The maximum Gasteiger partial charge on any atom is 0.128 e. The van der Waals surface area contributed by atoms with Gasteiger partial charge in [-0.1, -0.05) is 0 Å². The van der Waals surface area contributed by atoms with Crippen LogP contribution in [-0.2, 0) is 19.6 Å². The minimum atomic E-state index is 0.732. The van der Waals surface area contributed by atoms with Crippen LogP contribution in [0.4, 0.5) is 5.69 Å². The fourth-order valence-corrected chi connectivity index (χ4v) is 1.60. The molecule has 2 aromatic rings. The number of anilines is 1. The zero-order chi connectivity index (χ0) is 11.4. The second-order valence-electron chi connectivity index (χ2n) is 3.57. The maximum absolute atomic E-state index is 4.30. The summed E-state index contributed by atoms with van der Waals surface area (Å²) in [4.78, 5) is 4.30. The number of hydrogen-bond acceptors (Lipinski definition) is 3. The standard InChI is InChI=1S/C11H17N5/c1-3-15-6-5-12-11(15)8-13-10-7-14-16(4-2)9-10/h5-7,9,13H,3-4,8H2,1-2H3. The van der Waals surface area contributed by atoms with Crippen molar-refractivity contribution in [1.82, 2.24) is 19.3 Å². The number of nitrogens with one attached hydrogen (secondary N) is 1. The molecule has 2 aromatic heterocycles. The van der Waals surface area contributed by atoms with Crippen LogP contribution in [0.2, 0.25) is 0 Å². The van der Waals surface area contributed by atoms with E-state index in [4.69, 9.17) is 0 Å². The first-order valence-corrected chi connectivity index (χ1v) is 5.59. The fourth-order valence-electron chi connectivity index (χ4n) is 1.60. The minimum Gasteiger partial charge on any atom is -0.375 e. The van der Waals surface area contributed by atoms with Gasteiger partial charge in [0.05, 0.1) is 18.4 Å². The largest absolute Gasteiger partial charge is 0.375 e. The Hall–Kier alpha value is -1.78. The van der Waals surface area contributed by atoms with Gasteiger partial charge < -0.3 is 9.88 Å². The van der Waals surface area contributed by atoms with E-state index in [-0.39, 0.29) is 0 Å². The van der Waals surface area contributed by atoms with Crippen LogP contribution in [0.3, 0.4) is 0 Å². The highest BCUT2D eigenvalue weighted by Gasteiger charge is 2.01. The molecule has 5 heteroatoms. The van der Waals surface area contributed by atoms with Crippen LogP contribution >= 0.6 is 0 Å². The van der Waals surface area contributed by atoms with Gasteiger partial charge in [-0.25, -0.2) is 4.98 Å². The van der Waals surface area contributed by atoms with Crippen molar-refractivity contribution in [3.8, 4) is 0 Å².